The Balaban J connectivity index is 2.25. The van der Waals surface area contributed by atoms with Gasteiger partial charge in [-0.2, -0.15) is 0 Å². The third-order valence-electron chi connectivity index (χ3n) is 2.63. The van der Waals surface area contributed by atoms with Crippen LogP contribution in [0.25, 0.3) is 0 Å². The van der Waals surface area contributed by atoms with Crippen LogP contribution in [0.2, 0.25) is 0 Å². The monoisotopic (exact) mass is 296 g/mol. The minimum Gasteiger partial charge on any atom is -0.303 e. The first-order chi connectivity index (χ1) is 8.92. The van der Waals surface area contributed by atoms with Crippen LogP contribution in [0.5, 0.6) is 0 Å². The van der Waals surface area contributed by atoms with Gasteiger partial charge in [-0.15, -0.1) is 0 Å². The van der Waals surface area contributed by atoms with Crippen LogP contribution in [0.15, 0.2) is 60.7 Å². The fraction of sp³-hybridized carbons (Fsp3) is 0.143. The van der Waals surface area contributed by atoms with E-state index in [1.807, 2.05) is 12.1 Å². The van der Waals surface area contributed by atoms with Crippen molar-refractivity contribution in [3.05, 3.63) is 71.8 Å². The molecule has 0 heterocycles. The summed E-state index contributed by atoms with van der Waals surface area (Å²) in [4.78, 5) is 0. The van der Waals surface area contributed by atoms with E-state index >= 15 is 0 Å². The first-order valence-corrected chi connectivity index (χ1v) is 6.44. The van der Waals surface area contributed by atoms with E-state index in [4.69, 9.17) is 39.4 Å². The molecule has 0 aliphatic rings. The van der Waals surface area contributed by atoms with E-state index in [1.54, 1.807) is 48.5 Å². The van der Waals surface area contributed by atoms with Crippen molar-refractivity contribution in [3.63, 3.8) is 0 Å². The van der Waals surface area contributed by atoms with Gasteiger partial charge in [0.05, 0.1) is 0 Å². The van der Waals surface area contributed by atoms with Gasteiger partial charge in [0.25, 0.3) is 0 Å². The molecule has 0 amide bonds. The molecule has 0 radical (unpaired) electrons. The molecular weight excluding hydrogens is 283 g/mol. The standard InChI is InChI=1S/C14H14Cl2N2O/c15-13(17,11-7-3-1-4-8-11)19-14(16,18)12-9-5-2-6-10-12/h1-10H,17-18H2. The summed E-state index contributed by atoms with van der Waals surface area (Å²) in [6.45, 7) is 0. The normalized spacial score (nSPS) is 17.5. The highest BCUT2D eigenvalue weighted by molar-refractivity contribution is 6.25. The lowest BCUT2D eigenvalue weighted by molar-refractivity contribution is -0.0686. The lowest BCUT2D eigenvalue weighted by Crippen LogP contribution is -2.45. The average Bonchev–Trinajstić information content (AvgIpc) is 2.40. The topological polar surface area (TPSA) is 61.3 Å². The van der Waals surface area contributed by atoms with Gasteiger partial charge in [-0.25, -0.2) is 0 Å². The highest BCUT2D eigenvalue weighted by Gasteiger charge is 2.37. The van der Waals surface area contributed by atoms with Crippen molar-refractivity contribution in [2.24, 2.45) is 11.5 Å². The SMILES string of the molecule is NC(Cl)(OC(N)(Cl)c1ccccc1)c1ccccc1. The van der Waals surface area contributed by atoms with Gasteiger partial charge in [0.2, 0.25) is 10.4 Å². The molecule has 0 aromatic heterocycles. The smallest absolute Gasteiger partial charge is 0.223 e. The van der Waals surface area contributed by atoms with Crippen molar-refractivity contribution in [2.45, 2.75) is 10.4 Å². The zero-order valence-electron chi connectivity index (χ0n) is 10.1. The van der Waals surface area contributed by atoms with Crippen molar-refractivity contribution < 1.29 is 4.74 Å². The predicted octanol–water partition coefficient (Wildman–Crippen LogP) is 3.02. The van der Waals surface area contributed by atoms with Gasteiger partial charge in [-0.3, -0.25) is 11.5 Å². The number of benzene rings is 2. The third-order valence-corrected chi connectivity index (χ3v) is 3.22. The molecule has 0 bridgehead atoms. The van der Waals surface area contributed by atoms with Gasteiger partial charge < -0.3 is 4.74 Å². The maximum atomic E-state index is 6.19. The van der Waals surface area contributed by atoms with Crippen LogP contribution in [-0.2, 0) is 15.1 Å². The summed E-state index contributed by atoms with van der Waals surface area (Å²) in [5, 5.41) is -3.21. The van der Waals surface area contributed by atoms with E-state index in [-0.39, 0.29) is 0 Å². The Morgan fingerprint density at radius 1 is 0.684 bits per heavy atom. The first-order valence-electron chi connectivity index (χ1n) is 5.68. The van der Waals surface area contributed by atoms with E-state index in [2.05, 4.69) is 0 Å². The van der Waals surface area contributed by atoms with Crippen LogP contribution >= 0.6 is 23.2 Å². The summed E-state index contributed by atoms with van der Waals surface area (Å²) in [5.41, 5.74) is 13.0. The van der Waals surface area contributed by atoms with E-state index in [0.29, 0.717) is 11.1 Å². The summed E-state index contributed by atoms with van der Waals surface area (Å²) in [6.07, 6.45) is 0. The third kappa shape index (κ3) is 3.47. The van der Waals surface area contributed by atoms with E-state index in [0.717, 1.165) is 0 Å². The minimum absolute atomic E-state index is 0.572. The second-order valence-electron chi connectivity index (χ2n) is 4.12. The van der Waals surface area contributed by atoms with Gasteiger partial charge in [0.15, 0.2) is 0 Å². The molecule has 0 spiro atoms. The fourth-order valence-corrected chi connectivity index (χ4v) is 2.20. The molecule has 100 valence electrons. The van der Waals surface area contributed by atoms with Gasteiger partial charge in [0, 0.05) is 11.1 Å². The number of ether oxygens (including phenoxy) is 1. The van der Waals surface area contributed by atoms with Crippen molar-refractivity contribution in [2.75, 3.05) is 0 Å². The lowest BCUT2D eigenvalue weighted by atomic mass is 10.2. The molecule has 19 heavy (non-hydrogen) atoms. The molecule has 0 fully saturated rings. The van der Waals surface area contributed by atoms with Crippen molar-refractivity contribution >= 4 is 23.2 Å². The Hall–Kier alpha value is -1.10. The van der Waals surface area contributed by atoms with Crippen molar-refractivity contribution in [1.29, 1.82) is 0 Å². The molecular formula is C14H14Cl2N2O. The quantitative estimate of drug-likeness (QED) is 0.518. The maximum absolute atomic E-state index is 6.19. The summed E-state index contributed by atoms with van der Waals surface area (Å²) in [5.74, 6) is 0. The second kappa shape index (κ2) is 5.49. The Morgan fingerprint density at radius 3 is 1.32 bits per heavy atom. The molecule has 0 aliphatic carbocycles. The molecule has 0 saturated carbocycles. The molecule has 2 aromatic rings. The van der Waals surface area contributed by atoms with Crippen LogP contribution in [0.1, 0.15) is 11.1 Å². The first kappa shape index (κ1) is 14.3. The molecule has 0 aliphatic heterocycles. The number of rotatable bonds is 4. The Kier molecular flexibility index (Phi) is 4.13. The van der Waals surface area contributed by atoms with Crippen LogP contribution in [-0.4, -0.2) is 0 Å². The van der Waals surface area contributed by atoms with Gasteiger partial charge in [0.1, 0.15) is 0 Å². The zero-order valence-corrected chi connectivity index (χ0v) is 11.6. The fourth-order valence-electron chi connectivity index (χ4n) is 1.66. The predicted molar refractivity (Wildman–Crippen MR) is 77.4 cm³/mol. The summed E-state index contributed by atoms with van der Waals surface area (Å²) in [7, 11) is 0. The lowest BCUT2D eigenvalue weighted by Gasteiger charge is -2.32. The highest BCUT2D eigenvalue weighted by Crippen LogP contribution is 2.35. The van der Waals surface area contributed by atoms with Gasteiger partial charge in [-0.1, -0.05) is 83.9 Å². The number of halogens is 2. The molecule has 4 N–H and O–H groups in total. The van der Waals surface area contributed by atoms with Crippen LogP contribution in [0.4, 0.5) is 0 Å². The molecule has 5 heteroatoms. The highest BCUT2D eigenvalue weighted by atomic mass is 35.5. The van der Waals surface area contributed by atoms with Crippen molar-refractivity contribution in [3.8, 4) is 0 Å². The molecule has 2 aromatic carbocycles. The zero-order chi connectivity index (χ0) is 13.9. The van der Waals surface area contributed by atoms with Crippen LogP contribution in [0.3, 0.4) is 0 Å². The summed E-state index contributed by atoms with van der Waals surface area (Å²) >= 11 is 12.4. The van der Waals surface area contributed by atoms with Gasteiger partial charge in [-0.05, 0) is 0 Å². The Labute approximate surface area is 122 Å². The molecule has 2 atom stereocenters. The van der Waals surface area contributed by atoms with E-state index in [1.165, 1.54) is 0 Å². The molecule has 2 rings (SSSR count). The molecule has 0 saturated heterocycles. The number of nitrogens with two attached hydrogens (primary N) is 2. The number of alkyl halides is 2. The minimum atomic E-state index is -1.60. The summed E-state index contributed by atoms with van der Waals surface area (Å²) in [6, 6.07) is 17.9. The summed E-state index contributed by atoms with van der Waals surface area (Å²) < 4.78 is 5.48. The van der Waals surface area contributed by atoms with Crippen LogP contribution in [0, 0.1) is 0 Å². The maximum Gasteiger partial charge on any atom is 0.223 e. The molecule has 2 unspecified atom stereocenters. The second-order valence-corrected chi connectivity index (χ2v) is 5.25. The average molecular weight is 297 g/mol. The molecule has 3 nitrogen and oxygen atoms in total. The Morgan fingerprint density at radius 2 is 1.00 bits per heavy atom. The van der Waals surface area contributed by atoms with E-state index in [9.17, 15) is 0 Å². The van der Waals surface area contributed by atoms with E-state index < -0.39 is 10.4 Å². The number of hydrogen-bond acceptors (Lipinski definition) is 3. The van der Waals surface area contributed by atoms with Crippen LogP contribution < -0.4 is 11.5 Å². The van der Waals surface area contributed by atoms with Gasteiger partial charge >= 0.3 is 0 Å². The number of hydrogen-bond donors (Lipinski definition) is 2. The van der Waals surface area contributed by atoms with Crippen molar-refractivity contribution in [1.82, 2.24) is 0 Å². The Bertz CT molecular complexity index is 480. The largest absolute Gasteiger partial charge is 0.303 e.